The van der Waals surface area contributed by atoms with E-state index in [4.69, 9.17) is 11.6 Å². The molecule has 0 aliphatic heterocycles. The van der Waals surface area contributed by atoms with Crippen molar-refractivity contribution in [3.05, 3.63) is 105 Å². The van der Waals surface area contributed by atoms with Gasteiger partial charge in [-0.05, 0) is 47.5 Å². The molecule has 4 aromatic rings. The van der Waals surface area contributed by atoms with Crippen LogP contribution in [-0.4, -0.2) is 10.8 Å². The first kappa shape index (κ1) is 18.3. The van der Waals surface area contributed by atoms with E-state index in [2.05, 4.69) is 14.8 Å². The van der Waals surface area contributed by atoms with Crippen LogP contribution in [0.2, 0.25) is 5.02 Å². The summed E-state index contributed by atoms with van der Waals surface area (Å²) in [7, 11) is 0. The molecule has 3 aromatic carbocycles. The number of halogens is 2. The van der Waals surface area contributed by atoms with E-state index in [1.54, 1.807) is 18.3 Å². The second kappa shape index (κ2) is 8.33. The molecule has 4 rings (SSSR count). The quantitative estimate of drug-likeness (QED) is 0.296. The number of aromatic nitrogens is 1. The highest BCUT2D eigenvalue weighted by molar-refractivity contribution is 7.07. The SMILES string of the molecule is Fc1ccc(/C=N/N=c2\scc(-c3ccc(Cl)cc3)n2-c2ccccc2)cc1. The van der Waals surface area contributed by atoms with E-state index in [9.17, 15) is 4.39 Å². The molecule has 3 nitrogen and oxygen atoms in total. The summed E-state index contributed by atoms with van der Waals surface area (Å²) in [6, 6.07) is 23.8. The van der Waals surface area contributed by atoms with E-state index < -0.39 is 0 Å². The fraction of sp³-hybridized carbons (Fsp3) is 0. The lowest BCUT2D eigenvalue weighted by Gasteiger charge is -2.09. The van der Waals surface area contributed by atoms with Gasteiger partial charge < -0.3 is 0 Å². The van der Waals surface area contributed by atoms with Crippen LogP contribution in [0.5, 0.6) is 0 Å². The number of para-hydroxylation sites is 1. The molecule has 1 heterocycles. The van der Waals surface area contributed by atoms with Crippen molar-refractivity contribution >= 4 is 29.2 Å². The molecule has 0 saturated heterocycles. The standard InChI is InChI=1S/C22H15ClFN3S/c23-18-10-8-17(9-11-18)21-15-28-22(27(21)20-4-2-1-3-5-20)26-25-14-16-6-12-19(24)13-7-16/h1-15H/b25-14+,26-22-. The number of benzene rings is 3. The maximum atomic E-state index is 13.0. The molecular formula is C22H15ClFN3S. The van der Waals surface area contributed by atoms with Crippen LogP contribution in [0.25, 0.3) is 16.9 Å². The Morgan fingerprint density at radius 1 is 0.893 bits per heavy atom. The number of hydrogen-bond donors (Lipinski definition) is 0. The van der Waals surface area contributed by atoms with Crippen molar-refractivity contribution in [2.24, 2.45) is 10.2 Å². The summed E-state index contributed by atoms with van der Waals surface area (Å²) in [6.45, 7) is 0. The van der Waals surface area contributed by atoms with Crippen LogP contribution < -0.4 is 4.80 Å². The Bertz CT molecular complexity index is 1160. The van der Waals surface area contributed by atoms with E-state index in [1.165, 1.54) is 23.5 Å². The molecule has 6 heteroatoms. The third kappa shape index (κ3) is 4.11. The first-order valence-electron chi connectivity index (χ1n) is 8.55. The Kier molecular flexibility index (Phi) is 5.46. The molecule has 138 valence electrons. The van der Waals surface area contributed by atoms with Gasteiger partial charge in [0.25, 0.3) is 0 Å². The average Bonchev–Trinajstić information content (AvgIpc) is 3.14. The van der Waals surface area contributed by atoms with Crippen molar-refractivity contribution in [1.82, 2.24) is 4.57 Å². The summed E-state index contributed by atoms with van der Waals surface area (Å²) in [5, 5.41) is 11.3. The minimum atomic E-state index is -0.276. The van der Waals surface area contributed by atoms with Crippen LogP contribution in [0.1, 0.15) is 5.56 Å². The Balaban J connectivity index is 1.79. The van der Waals surface area contributed by atoms with Crippen LogP contribution in [0.3, 0.4) is 0 Å². The monoisotopic (exact) mass is 407 g/mol. The van der Waals surface area contributed by atoms with Gasteiger partial charge in [0, 0.05) is 16.1 Å². The second-order valence-electron chi connectivity index (χ2n) is 5.98. The minimum Gasteiger partial charge on any atom is -0.284 e. The normalized spacial score (nSPS) is 12.0. The molecule has 0 fully saturated rings. The van der Waals surface area contributed by atoms with Gasteiger partial charge in [0.2, 0.25) is 4.80 Å². The van der Waals surface area contributed by atoms with Crippen molar-refractivity contribution in [3.63, 3.8) is 0 Å². The number of hydrogen-bond acceptors (Lipinski definition) is 3. The number of thiazole rings is 1. The molecule has 0 unspecified atom stereocenters. The predicted octanol–water partition coefficient (Wildman–Crippen LogP) is 5.93. The van der Waals surface area contributed by atoms with Gasteiger partial charge in [0.1, 0.15) is 5.82 Å². The highest BCUT2D eigenvalue weighted by Gasteiger charge is 2.10. The molecule has 0 atom stereocenters. The third-order valence-electron chi connectivity index (χ3n) is 4.08. The summed E-state index contributed by atoms with van der Waals surface area (Å²) < 4.78 is 15.1. The minimum absolute atomic E-state index is 0.276. The van der Waals surface area contributed by atoms with E-state index in [-0.39, 0.29) is 5.82 Å². The Labute approximate surface area is 170 Å². The molecular weight excluding hydrogens is 393 g/mol. The molecule has 0 saturated carbocycles. The summed E-state index contributed by atoms with van der Waals surface area (Å²) in [5.41, 5.74) is 3.81. The lowest BCUT2D eigenvalue weighted by Crippen LogP contribution is -2.13. The molecule has 0 aliphatic rings. The summed E-state index contributed by atoms with van der Waals surface area (Å²) >= 11 is 7.53. The fourth-order valence-corrected chi connectivity index (χ4v) is 3.71. The smallest absolute Gasteiger partial charge is 0.215 e. The summed E-state index contributed by atoms with van der Waals surface area (Å²) in [4.78, 5) is 0.731. The Morgan fingerprint density at radius 2 is 1.61 bits per heavy atom. The van der Waals surface area contributed by atoms with Gasteiger partial charge in [0.05, 0.1) is 11.9 Å². The van der Waals surface area contributed by atoms with Crippen molar-refractivity contribution in [1.29, 1.82) is 0 Å². The van der Waals surface area contributed by atoms with Crippen molar-refractivity contribution in [2.45, 2.75) is 0 Å². The van der Waals surface area contributed by atoms with Crippen molar-refractivity contribution in [3.8, 4) is 16.9 Å². The molecule has 28 heavy (non-hydrogen) atoms. The zero-order valence-electron chi connectivity index (χ0n) is 14.7. The third-order valence-corrected chi connectivity index (χ3v) is 5.15. The second-order valence-corrected chi connectivity index (χ2v) is 7.25. The van der Waals surface area contributed by atoms with Crippen molar-refractivity contribution in [2.75, 3.05) is 0 Å². The predicted molar refractivity (Wildman–Crippen MR) is 114 cm³/mol. The highest BCUT2D eigenvalue weighted by atomic mass is 35.5. The van der Waals surface area contributed by atoms with E-state index in [1.807, 2.05) is 60.0 Å². The zero-order chi connectivity index (χ0) is 19.3. The zero-order valence-corrected chi connectivity index (χ0v) is 16.2. The van der Waals surface area contributed by atoms with Crippen molar-refractivity contribution < 1.29 is 4.39 Å². The summed E-state index contributed by atoms with van der Waals surface area (Å²) in [5.74, 6) is -0.276. The first-order valence-corrected chi connectivity index (χ1v) is 9.81. The molecule has 1 aromatic heterocycles. The molecule has 0 radical (unpaired) electrons. The van der Waals surface area contributed by atoms with Gasteiger partial charge in [-0.3, -0.25) is 4.57 Å². The Morgan fingerprint density at radius 3 is 2.32 bits per heavy atom. The van der Waals surface area contributed by atoms with Gasteiger partial charge in [-0.1, -0.05) is 54.1 Å². The fourth-order valence-electron chi connectivity index (χ4n) is 2.72. The van der Waals surface area contributed by atoms with Gasteiger partial charge in [-0.25, -0.2) is 4.39 Å². The summed E-state index contributed by atoms with van der Waals surface area (Å²) in [6.07, 6.45) is 1.61. The first-order chi connectivity index (χ1) is 13.7. The van der Waals surface area contributed by atoms with E-state index in [0.717, 1.165) is 27.3 Å². The van der Waals surface area contributed by atoms with Gasteiger partial charge in [-0.2, -0.15) is 5.10 Å². The molecule has 0 amide bonds. The topological polar surface area (TPSA) is 29.6 Å². The lowest BCUT2D eigenvalue weighted by atomic mass is 10.1. The number of rotatable bonds is 4. The van der Waals surface area contributed by atoms with Gasteiger partial charge >= 0.3 is 0 Å². The largest absolute Gasteiger partial charge is 0.284 e. The molecule has 0 N–H and O–H groups in total. The van der Waals surface area contributed by atoms with Crippen LogP contribution in [0, 0.1) is 5.82 Å². The van der Waals surface area contributed by atoms with Crippen LogP contribution in [0.15, 0.2) is 94.4 Å². The van der Waals surface area contributed by atoms with E-state index in [0.29, 0.717) is 5.02 Å². The lowest BCUT2D eigenvalue weighted by molar-refractivity contribution is 0.628. The highest BCUT2D eigenvalue weighted by Crippen LogP contribution is 2.24. The average molecular weight is 408 g/mol. The Hall–Kier alpha value is -3.02. The van der Waals surface area contributed by atoms with Gasteiger partial charge in [-0.15, -0.1) is 16.4 Å². The number of nitrogens with zero attached hydrogens (tertiary/aromatic N) is 3. The molecule has 0 bridgehead atoms. The van der Waals surface area contributed by atoms with Crippen LogP contribution in [0.4, 0.5) is 4.39 Å². The van der Waals surface area contributed by atoms with Crippen LogP contribution >= 0.6 is 22.9 Å². The van der Waals surface area contributed by atoms with E-state index >= 15 is 0 Å². The molecule has 0 aliphatic carbocycles. The maximum absolute atomic E-state index is 13.0. The molecule has 0 spiro atoms. The van der Waals surface area contributed by atoms with Crippen LogP contribution in [-0.2, 0) is 0 Å². The maximum Gasteiger partial charge on any atom is 0.215 e. The van der Waals surface area contributed by atoms with Gasteiger partial charge in [0.15, 0.2) is 0 Å².